The lowest BCUT2D eigenvalue weighted by Crippen LogP contribution is -1.68. The van der Waals surface area contributed by atoms with Gasteiger partial charge in [0, 0.05) is 5.37 Å². The minimum Gasteiger partial charge on any atom is -0.213 e. The van der Waals surface area contributed by atoms with Crippen LogP contribution in [0, 0.1) is 6.42 Å². The predicted molar refractivity (Wildman–Crippen MR) is 28.8 cm³/mol. The van der Waals surface area contributed by atoms with E-state index in [9.17, 15) is 4.21 Å². The minimum atomic E-state index is 0.496. The Labute approximate surface area is 41.4 Å². The molecule has 2 heteroatoms. The summed E-state index contributed by atoms with van der Waals surface area (Å²) in [6.45, 7) is 1.99. The van der Waals surface area contributed by atoms with Crippen LogP contribution in [0.2, 0.25) is 0 Å². The summed E-state index contributed by atoms with van der Waals surface area (Å²) >= 11 is 0.496. The SMILES string of the molecule is CC[CH]C=S=O. The second-order valence-electron chi connectivity index (χ2n) is 0.876. The maximum atomic E-state index is 9.52. The fourth-order valence-electron chi connectivity index (χ4n) is 0.136. The van der Waals surface area contributed by atoms with Crippen LogP contribution in [0.5, 0.6) is 0 Å². The van der Waals surface area contributed by atoms with Crippen molar-refractivity contribution in [2.24, 2.45) is 0 Å². The summed E-state index contributed by atoms with van der Waals surface area (Å²) in [6, 6.07) is 0. The van der Waals surface area contributed by atoms with Crippen LogP contribution in [-0.4, -0.2) is 9.58 Å². The molecular formula is C4H7OS. The highest BCUT2D eigenvalue weighted by Gasteiger charge is 1.67. The largest absolute Gasteiger partial charge is 0.213 e. The zero-order valence-corrected chi connectivity index (χ0v) is 4.49. The van der Waals surface area contributed by atoms with Crippen LogP contribution in [-0.2, 0) is 11.3 Å². The topological polar surface area (TPSA) is 17.1 Å². The summed E-state index contributed by atoms with van der Waals surface area (Å²) in [4.78, 5) is 0. The van der Waals surface area contributed by atoms with Crippen molar-refractivity contribution >= 4 is 16.6 Å². The van der Waals surface area contributed by atoms with Crippen LogP contribution in [0.4, 0.5) is 0 Å². The zero-order chi connectivity index (χ0) is 4.83. The maximum Gasteiger partial charge on any atom is 0.0844 e. The molecule has 0 saturated heterocycles. The van der Waals surface area contributed by atoms with Gasteiger partial charge in [-0.2, -0.15) is 0 Å². The van der Waals surface area contributed by atoms with Crippen molar-refractivity contribution in [3.8, 4) is 0 Å². The van der Waals surface area contributed by atoms with Crippen molar-refractivity contribution in [3.63, 3.8) is 0 Å². The molecule has 1 radical (unpaired) electrons. The van der Waals surface area contributed by atoms with Crippen LogP contribution in [0.25, 0.3) is 0 Å². The molecule has 0 amide bonds. The van der Waals surface area contributed by atoms with Gasteiger partial charge in [0.1, 0.15) is 0 Å². The van der Waals surface area contributed by atoms with Gasteiger partial charge in [0.2, 0.25) is 0 Å². The van der Waals surface area contributed by atoms with Crippen molar-refractivity contribution in [1.82, 2.24) is 0 Å². The van der Waals surface area contributed by atoms with Gasteiger partial charge in [0.15, 0.2) is 0 Å². The number of unbranched alkanes of at least 4 members (excludes halogenated alkanes) is 1. The zero-order valence-electron chi connectivity index (χ0n) is 3.68. The van der Waals surface area contributed by atoms with E-state index in [1.807, 2.05) is 13.3 Å². The third kappa shape index (κ3) is 3.89. The summed E-state index contributed by atoms with van der Waals surface area (Å²) in [5.41, 5.74) is 0. The van der Waals surface area contributed by atoms with Gasteiger partial charge in [-0.15, -0.1) is 0 Å². The van der Waals surface area contributed by atoms with E-state index in [0.717, 1.165) is 6.42 Å². The Hall–Kier alpha value is -0.110. The van der Waals surface area contributed by atoms with Crippen molar-refractivity contribution in [2.75, 3.05) is 0 Å². The molecule has 0 heterocycles. The molecule has 0 fully saturated rings. The van der Waals surface area contributed by atoms with E-state index < -0.39 is 0 Å². The molecule has 35 valence electrons. The summed E-state index contributed by atoms with van der Waals surface area (Å²) < 4.78 is 9.52. The second-order valence-corrected chi connectivity index (χ2v) is 1.34. The Bertz CT molecular complexity index is 63.9. The number of hydrogen-bond acceptors (Lipinski definition) is 1. The molecule has 0 saturated carbocycles. The van der Waals surface area contributed by atoms with Gasteiger partial charge >= 0.3 is 0 Å². The highest BCUT2D eigenvalue weighted by molar-refractivity contribution is 7.65. The van der Waals surface area contributed by atoms with Crippen molar-refractivity contribution in [3.05, 3.63) is 6.42 Å². The lowest BCUT2D eigenvalue weighted by molar-refractivity contribution is 0.701. The van der Waals surface area contributed by atoms with E-state index in [2.05, 4.69) is 0 Å². The van der Waals surface area contributed by atoms with Gasteiger partial charge in [-0.05, 0) is 12.8 Å². The van der Waals surface area contributed by atoms with E-state index in [4.69, 9.17) is 0 Å². The molecule has 1 nitrogen and oxygen atoms in total. The molecule has 0 rings (SSSR count). The van der Waals surface area contributed by atoms with Crippen LogP contribution in [0.1, 0.15) is 13.3 Å². The second kappa shape index (κ2) is 4.89. The van der Waals surface area contributed by atoms with Crippen molar-refractivity contribution in [1.29, 1.82) is 0 Å². The third-order valence-electron chi connectivity index (χ3n) is 0.387. The summed E-state index contributed by atoms with van der Waals surface area (Å²) in [5.74, 6) is 0. The van der Waals surface area contributed by atoms with Gasteiger partial charge < -0.3 is 0 Å². The minimum absolute atomic E-state index is 0.496. The summed E-state index contributed by atoms with van der Waals surface area (Å²) in [7, 11) is 0. The van der Waals surface area contributed by atoms with E-state index in [0.29, 0.717) is 11.3 Å². The molecule has 0 aliphatic rings. The Morgan fingerprint density at radius 2 is 2.50 bits per heavy atom. The summed E-state index contributed by atoms with van der Waals surface area (Å²) in [5, 5.41) is 1.54. The number of hydrogen-bond donors (Lipinski definition) is 0. The fourth-order valence-corrected chi connectivity index (χ4v) is 0.407. The van der Waals surface area contributed by atoms with Gasteiger partial charge in [-0.1, -0.05) is 6.92 Å². The van der Waals surface area contributed by atoms with Crippen molar-refractivity contribution < 1.29 is 4.21 Å². The van der Waals surface area contributed by atoms with E-state index >= 15 is 0 Å². The first-order chi connectivity index (χ1) is 2.91. The summed E-state index contributed by atoms with van der Waals surface area (Å²) in [6.07, 6.45) is 2.78. The molecule has 0 aromatic rings. The molecule has 0 N–H and O–H groups in total. The maximum absolute atomic E-state index is 9.52. The third-order valence-corrected chi connectivity index (χ3v) is 0.691. The van der Waals surface area contributed by atoms with Gasteiger partial charge in [-0.3, -0.25) is 0 Å². The van der Waals surface area contributed by atoms with Crippen LogP contribution in [0.15, 0.2) is 0 Å². The lowest BCUT2D eigenvalue weighted by atomic mass is 10.4. The van der Waals surface area contributed by atoms with E-state index in [1.165, 1.54) is 0 Å². The Morgan fingerprint density at radius 1 is 1.83 bits per heavy atom. The standard InChI is InChI=1S/C4H7OS/c1-2-3-4-6-5/h3-4H,2H2,1H3. The number of rotatable bonds is 2. The average molecular weight is 103 g/mol. The first-order valence-corrected chi connectivity index (χ1v) is 2.66. The average Bonchev–Trinajstić information content (AvgIpc) is 1.61. The van der Waals surface area contributed by atoms with Gasteiger partial charge in [0.05, 0.1) is 11.3 Å². The van der Waals surface area contributed by atoms with Crippen LogP contribution < -0.4 is 0 Å². The lowest BCUT2D eigenvalue weighted by Gasteiger charge is -1.70. The monoisotopic (exact) mass is 103 g/mol. The Balaban J connectivity index is 2.86. The molecule has 0 aromatic heterocycles. The molecule has 0 atom stereocenters. The molecule has 0 aromatic carbocycles. The Kier molecular flexibility index (Phi) is 4.80. The fraction of sp³-hybridized carbons (Fsp3) is 0.500. The van der Waals surface area contributed by atoms with Gasteiger partial charge in [-0.25, -0.2) is 4.21 Å². The van der Waals surface area contributed by atoms with Crippen LogP contribution in [0.3, 0.4) is 0 Å². The molecule has 0 aliphatic heterocycles. The molecule has 0 spiro atoms. The Morgan fingerprint density at radius 3 is 2.67 bits per heavy atom. The first kappa shape index (κ1) is 5.89. The molecule has 0 bridgehead atoms. The highest BCUT2D eigenvalue weighted by Crippen LogP contribution is 1.73. The normalized spacial score (nSPS) is 7.50. The molecule has 6 heavy (non-hydrogen) atoms. The smallest absolute Gasteiger partial charge is 0.0844 e. The van der Waals surface area contributed by atoms with E-state index in [1.54, 1.807) is 5.37 Å². The first-order valence-electron chi connectivity index (χ1n) is 1.85. The molecule has 0 unspecified atom stereocenters. The van der Waals surface area contributed by atoms with Crippen LogP contribution >= 0.6 is 0 Å². The quantitative estimate of drug-likeness (QED) is 0.468. The van der Waals surface area contributed by atoms with Crippen molar-refractivity contribution in [2.45, 2.75) is 13.3 Å². The molecular weight excluding hydrogens is 96.1 g/mol. The molecule has 0 aliphatic carbocycles. The van der Waals surface area contributed by atoms with E-state index in [-0.39, 0.29) is 0 Å². The highest BCUT2D eigenvalue weighted by atomic mass is 32.1. The predicted octanol–water partition coefficient (Wildman–Crippen LogP) is 0.616. The van der Waals surface area contributed by atoms with Gasteiger partial charge in [0.25, 0.3) is 0 Å².